The molecule has 21 heavy (non-hydrogen) atoms. The van der Waals surface area contributed by atoms with Gasteiger partial charge in [0.05, 0.1) is 5.69 Å². The van der Waals surface area contributed by atoms with Gasteiger partial charge in [-0.1, -0.05) is 23.7 Å². The van der Waals surface area contributed by atoms with E-state index in [-0.39, 0.29) is 0 Å². The molecule has 0 amide bonds. The van der Waals surface area contributed by atoms with Gasteiger partial charge in [-0.15, -0.1) is 0 Å². The monoisotopic (exact) mass is 298 g/mol. The summed E-state index contributed by atoms with van der Waals surface area (Å²) in [5.74, 6) is 0. The smallest absolute Gasteiger partial charge is 0.0631 e. The molecule has 0 aromatic heterocycles. The number of anilines is 1. The lowest BCUT2D eigenvalue weighted by Gasteiger charge is -2.28. The van der Waals surface area contributed by atoms with Crippen molar-refractivity contribution in [3.63, 3.8) is 0 Å². The first-order valence-electron chi connectivity index (χ1n) is 7.46. The first kappa shape index (κ1) is 14.2. The molecule has 0 saturated carbocycles. The third-order valence-electron chi connectivity index (χ3n) is 3.80. The van der Waals surface area contributed by atoms with Crippen molar-refractivity contribution in [2.24, 2.45) is 4.99 Å². The topological polar surface area (TPSA) is 15.6 Å². The average Bonchev–Trinajstić information content (AvgIpc) is 2.56. The lowest BCUT2D eigenvalue weighted by molar-refractivity contribution is 0.578. The third-order valence-corrected chi connectivity index (χ3v) is 4.06. The normalized spacial score (nSPS) is 15.6. The van der Waals surface area contributed by atoms with Crippen LogP contribution < -0.4 is 4.90 Å². The standard InChI is InChI=1S/C18H19ClN2/c19-16-6-4-15(5-7-16)14-20-17-8-10-18(11-9-17)21-12-2-1-3-13-21/h4-11,14H,1-3,12-13H2. The first-order valence-corrected chi connectivity index (χ1v) is 7.84. The van der Waals surface area contributed by atoms with E-state index in [1.807, 2.05) is 30.5 Å². The number of hydrogen-bond acceptors (Lipinski definition) is 2. The van der Waals surface area contributed by atoms with Crippen LogP contribution in [0.5, 0.6) is 0 Å². The number of hydrogen-bond donors (Lipinski definition) is 0. The summed E-state index contributed by atoms with van der Waals surface area (Å²) < 4.78 is 0. The summed E-state index contributed by atoms with van der Waals surface area (Å²) >= 11 is 5.87. The molecule has 0 unspecified atom stereocenters. The summed E-state index contributed by atoms with van der Waals surface area (Å²) in [6.07, 6.45) is 5.83. The number of aliphatic imine (C=N–C) groups is 1. The van der Waals surface area contributed by atoms with E-state index in [2.05, 4.69) is 34.2 Å². The first-order chi connectivity index (χ1) is 10.3. The van der Waals surface area contributed by atoms with Crippen LogP contribution >= 0.6 is 11.6 Å². The van der Waals surface area contributed by atoms with Gasteiger partial charge in [0.15, 0.2) is 0 Å². The predicted molar refractivity (Wildman–Crippen MR) is 91.2 cm³/mol. The lowest BCUT2D eigenvalue weighted by atomic mass is 10.1. The SMILES string of the molecule is Clc1ccc(C=Nc2ccc(N3CCCCC3)cc2)cc1. The van der Waals surface area contributed by atoms with E-state index in [0.29, 0.717) is 0 Å². The van der Waals surface area contributed by atoms with Crippen molar-refractivity contribution in [1.29, 1.82) is 0 Å². The Labute approximate surface area is 131 Å². The van der Waals surface area contributed by atoms with Crippen LogP contribution in [0.1, 0.15) is 24.8 Å². The third kappa shape index (κ3) is 3.85. The van der Waals surface area contributed by atoms with Gasteiger partial charge in [0.2, 0.25) is 0 Å². The van der Waals surface area contributed by atoms with Crippen LogP contribution in [0.3, 0.4) is 0 Å². The second kappa shape index (κ2) is 6.77. The summed E-state index contributed by atoms with van der Waals surface area (Å²) in [7, 11) is 0. The fraction of sp³-hybridized carbons (Fsp3) is 0.278. The van der Waals surface area contributed by atoms with Gasteiger partial charge in [0.1, 0.15) is 0 Å². The number of halogens is 1. The highest BCUT2D eigenvalue weighted by atomic mass is 35.5. The van der Waals surface area contributed by atoms with Gasteiger partial charge in [-0.2, -0.15) is 0 Å². The Kier molecular flexibility index (Phi) is 4.56. The van der Waals surface area contributed by atoms with Crippen molar-refractivity contribution < 1.29 is 0 Å². The Morgan fingerprint density at radius 3 is 2.19 bits per heavy atom. The molecule has 3 heteroatoms. The van der Waals surface area contributed by atoms with Crippen LogP contribution in [0.15, 0.2) is 53.5 Å². The quantitative estimate of drug-likeness (QED) is 0.721. The minimum Gasteiger partial charge on any atom is -0.372 e. The minimum absolute atomic E-state index is 0.748. The molecular formula is C18H19ClN2. The van der Waals surface area contributed by atoms with Gasteiger partial charge in [-0.3, -0.25) is 4.99 Å². The van der Waals surface area contributed by atoms with Gasteiger partial charge < -0.3 is 4.90 Å². The van der Waals surface area contributed by atoms with Crippen molar-refractivity contribution in [3.05, 3.63) is 59.1 Å². The molecule has 0 aliphatic carbocycles. The molecule has 0 bridgehead atoms. The van der Waals surface area contributed by atoms with Gasteiger partial charge in [0, 0.05) is 30.0 Å². The van der Waals surface area contributed by atoms with Gasteiger partial charge in [-0.05, 0) is 61.2 Å². The zero-order valence-electron chi connectivity index (χ0n) is 12.0. The van der Waals surface area contributed by atoms with Crippen LogP contribution in [0.2, 0.25) is 5.02 Å². The maximum atomic E-state index is 5.87. The van der Waals surface area contributed by atoms with E-state index >= 15 is 0 Å². The molecule has 0 N–H and O–H groups in total. The van der Waals surface area contributed by atoms with Crippen molar-refractivity contribution in [1.82, 2.24) is 0 Å². The van der Waals surface area contributed by atoms with Gasteiger partial charge in [0.25, 0.3) is 0 Å². The second-order valence-electron chi connectivity index (χ2n) is 5.37. The van der Waals surface area contributed by atoms with Gasteiger partial charge in [-0.25, -0.2) is 0 Å². The van der Waals surface area contributed by atoms with Crippen molar-refractivity contribution in [3.8, 4) is 0 Å². The highest BCUT2D eigenvalue weighted by Gasteiger charge is 2.10. The number of rotatable bonds is 3. The molecule has 1 aliphatic rings. The fourth-order valence-corrected chi connectivity index (χ4v) is 2.73. The van der Waals surface area contributed by atoms with Crippen molar-refractivity contribution >= 4 is 29.2 Å². The Hall–Kier alpha value is -1.80. The largest absolute Gasteiger partial charge is 0.372 e. The lowest BCUT2D eigenvalue weighted by Crippen LogP contribution is -2.29. The van der Waals surface area contributed by atoms with Crippen LogP contribution in [0.25, 0.3) is 0 Å². The van der Waals surface area contributed by atoms with Gasteiger partial charge >= 0.3 is 0 Å². The zero-order valence-corrected chi connectivity index (χ0v) is 12.8. The van der Waals surface area contributed by atoms with E-state index in [1.54, 1.807) is 0 Å². The van der Waals surface area contributed by atoms with E-state index in [9.17, 15) is 0 Å². The summed E-state index contributed by atoms with van der Waals surface area (Å²) in [5, 5.41) is 0.748. The summed E-state index contributed by atoms with van der Waals surface area (Å²) in [6, 6.07) is 16.2. The molecule has 1 aliphatic heterocycles. The number of benzene rings is 2. The Morgan fingerprint density at radius 2 is 1.52 bits per heavy atom. The predicted octanol–water partition coefficient (Wildman–Crippen LogP) is 5.08. The molecule has 0 spiro atoms. The molecule has 1 saturated heterocycles. The average molecular weight is 299 g/mol. The summed E-state index contributed by atoms with van der Waals surface area (Å²) in [5.41, 5.74) is 3.34. The second-order valence-corrected chi connectivity index (χ2v) is 5.81. The molecule has 2 nitrogen and oxygen atoms in total. The Morgan fingerprint density at radius 1 is 0.857 bits per heavy atom. The number of piperidine rings is 1. The highest BCUT2D eigenvalue weighted by molar-refractivity contribution is 6.30. The van der Waals surface area contributed by atoms with E-state index in [4.69, 9.17) is 11.6 Å². The van der Waals surface area contributed by atoms with E-state index in [1.165, 1.54) is 38.0 Å². The fourth-order valence-electron chi connectivity index (χ4n) is 2.60. The van der Waals surface area contributed by atoms with Crippen LogP contribution in [0.4, 0.5) is 11.4 Å². The molecule has 1 fully saturated rings. The molecular weight excluding hydrogens is 280 g/mol. The maximum Gasteiger partial charge on any atom is 0.0631 e. The Bertz CT molecular complexity index is 596. The molecule has 0 radical (unpaired) electrons. The van der Waals surface area contributed by atoms with E-state index in [0.717, 1.165) is 16.3 Å². The molecule has 2 aromatic carbocycles. The Balaban J connectivity index is 1.67. The van der Waals surface area contributed by atoms with Crippen molar-refractivity contribution in [2.45, 2.75) is 19.3 Å². The van der Waals surface area contributed by atoms with Crippen LogP contribution in [-0.2, 0) is 0 Å². The highest BCUT2D eigenvalue weighted by Crippen LogP contribution is 2.23. The molecule has 2 aromatic rings. The molecule has 108 valence electrons. The van der Waals surface area contributed by atoms with Crippen LogP contribution in [-0.4, -0.2) is 19.3 Å². The molecule has 1 heterocycles. The number of nitrogens with zero attached hydrogens (tertiary/aromatic N) is 2. The van der Waals surface area contributed by atoms with Crippen molar-refractivity contribution in [2.75, 3.05) is 18.0 Å². The summed E-state index contributed by atoms with van der Waals surface area (Å²) in [6.45, 7) is 2.35. The zero-order chi connectivity index (χ0) is 14.5. The molecule has 3 rings (SSSR count). The van der Waals surface area contributed by atoms with E-state index < -0.39 is 0 Å². The minimum atomic E-state index is 0.748. The van der Waals surface area contributed by atoms with Crippen LogP contribution in [0, 0.1) is 0 Å². The maximum absolute atomic E-state index is 5.87. The summed E-state index contributed by atoms with van der Waals surface area (Å²) in [4.78, 5) is 6.96. The molecule has 0 atom stereocenters.